The molecule has 2 heterocycles. The summed E-state index contributed by atoms with van der Waals surface area (Å²) in [4.78, 5) is 1.11. The summed E-state index contributed by atoms with van der Waals surface area (Å²) < 4.78 is 28.8. The number of rotatable bonds is 5. The lowest BCUT2D eigenvalue weighted by Gasteiger charge is -2.38. The van der Waals surface area contributed by atoms with Crippen LogP contribution in [-0.2, 0) is 16.8 Å². The molecule has 20 heavy (non-hydrogen) atoms. The predicted molar refractivity (Wildman–Crippen MR) is 80.6 cm³/mol. The summed E-state index contributed by atoms with van der Waals surface area (Å²) in [6, 6.07) is 13.5. The van der Waals surface area contributed by atoms with E-state index in [9.17, 15) is 8.42 Å². The fraction of sp³-hybridized carbons (Fsp3) is 0.286. The smallest absolute Gasteiger partial charge is 0.198 e. The first-order chi connectivity index (χ1) is 9.67. The fourth-order valence-corrected chi connectivity index (χ4v) is 4.62. The first-order valence-electron chi connectivity index (χ1n) is 6.50. The maximum atomic E-state index is 12.3. The van der Waals surface area contributed by atoms with Crippen LogP contribution in [-0.4, -0.2) is 19.3 Å². The van der Waals surface area contributed by atoms with Gasteiger partial charge in [0.05, 0.1) is 6.04 Å². The molecular formula is C14H16N2O2S2. The van der Waals surface area contributed by atoms with Crippen molar-refractivity contribution >= 4 is 21.5 Å². The maximum absolute atomic E-state index is 12.3. The third kappa shape index (κ3) is 2.78. The normalized spacial score (nSPS) is 19.7. The van der Waals surface area contributed by atoms with Crippen LogP contribution in [0.15, 0.2) is 47.8 Å². The third-order valence-corrected chi connectivity index (χ3v) is 5.99. The van der Waals surface area contributed by atoms with E-state index in [4.69, 9.17) is 0 Å². The molecule has 1 fully saturated rings. The molecule has 0 spiro atoms. The predicted octanol–water partition coefficient (Wildman–Crippen LogP) is 2.53. The monoisotopic (exact) mass is 308 g/mol. The lowest BCUT2D eigenvalue weighted by atomic mass is 10.1. The number of nitrogens with zero attached hydrogens (tertiary/aromatic N) is 1. The maximum Gasteiger partial charge on any atom is 0.280 e. The largest absolute Gasteiger partial charge is 0.280 e. The Balaban J connectivity index is 1.67. The quantitative estimate of drug-likeness (QED) is 0.923. The first-order valence-corrected chi connectivity index (χ1v) is 8.82. The Labute approximate surface area is 123 Å². The number of benzene rings is 1. The van der Waals surface area contributed by atoms with E-state index in [0.717, 1.165) is 16.9 Å². The lowest BCUT2D eigenvalue weighted by Crippen LogP contribution is -2.49. The van der Waals surface area contributed by atoms with E-state index in [0.29, 0.717) is 13.1 Å². The van der Waals surface area contributed by atoms with Crippen LogP contribution >= 0.6 is 11.3 Å². The Morgan fingerprint density at radius 1 is 1.20 bits per heavy atom. The third-order valence-electron chi connectivity index (χ3n) is 3.45. The van der Waals surface area contributed by atoms with Crippen molar-refractivity contribution in [3.63, 3.8) is 0 Å². The van der Waals surface area contributed by atoms with E-state index in [1.165, 1.54) is 0 Å². The van der Waals surface area contributed by atoms with Gasteiger partial charge in [0.15, 0.2) is 0 Å². The molecule has 0 unspecified atom stereocenters. The molecule has 1 aliphatic heterocycles. The van der Waals surface area contributed by atoms with E-state index < -0.39 is 10.2 Å². The minimum absolute atomic E-state index is 0.00303. The molecular weight excluding hydrogens is 292 g/mol. The molecule has 0 bridgehead atoms. The minimum atomic E-state index is -3.41. The molecule has 1 atom stereocenters. The summed E-state index contributed by atoms with van der Waals surface area (Å²) in [5.41, 5.74) is 0.962. The summed E-state index contributed by atoms with van der Waals surface area (Å²) in [6.07, 6.45) is 0.896. The Kier molecular flexibility index (Phi) is 3.89. The van der Waals surface area contributed by atoms with Gasteiger partial charge in [-0.3, -0.25) is 0 Å². The number of nitrogens with one attached hydrogen (secondary N) is 1. The molecule has 6 heteroatoms. The Morgan fingerprint density at radius 3 is 2.60 bits per heavy atom. The highest BCUT2D eigenvalue weighted by Crippen LogP contribution is 2.37. The van der Waals surface area contributed by atoms with Crippen molar-refractivity contribution in [1.82, 2.24) is 9.03 Å². The Bertz CT molecular complexity index is 654. The SMILES string of the molecule is O=S(=O)(NCc1ccccc1)N1CC[C@H]1c1cccs1. The van der Waals surface area contributed by atoms with Crippen molar-refractivity contribution in [2.24, 2.45) is 0 Å². The van der Waals surface area contributed by atoms with E-state index in [1.807, 2.05) is 47.8 Å². The summed E-state index contributed by atoms with van der Waals surface area (Å²) in [6.45, 7) is 0.920. The Hall–Kier alpha value is -1.21. The zero-order valence-corrected chi connectivity index (χ0v) is 12.5. The van der Waals surface area contributed by atoms with E-state index in [-0.39, 0.29) is 6.04 Å². The van der Waals surface area contributed by atoms with Crippen LogP contribution < -0.4 is 4.72 Å². The van der Waals surface area contributed by atoms with Gasteiger partial charge >= 0.3 is 0 Å². The zero-order valence-electron chi connectivity index (χ0n) is 10.9. The van der Waals surface area contributed by atoms with Gasteiger partial charge in [-0.05, 0) is 23.4 Å². The average Bonchev–Trinajstić information content (AvgIpc) is 2.89. The molecule has 0 amide bonds. The van der Waals surface area contributed by atoms with Crippen molar-refractivity contribution in [3.05, 3.63) is 58.3 Å². The molecule has 1 saturated heterocycles. The standard InChI is InChI=1S/C14H16N2O2S2/c17-20(18,15-11-12-5-2-1-3-6-12)16-9-8-13(16)14-7-4-10-19-14/h1-7,10,13,15H,8-9,11H2/t13-/m0/s1. The van der Waals surface area contributed by atoms with Gasteiger partial charge in [-0.1, -0.05) is 36.4 Å². The second-order valence-corrected chi connectivity index (χ2v) is 7.43. The molecule has 1 aromatic carbocycles. The molecule has 0 saturated carbocycles. The summed E-state index contributed by atoms with van der Waals surface area (Å²) >= 11 is 1.61. The molecule has 1 aromatic heterocycles. The van der Waals surface area contributed by atoms with Crippen molar-refractivity contribution in [3.8, 4) is 0 Å². The molecule has 2 aromatic rings. The van der Waals surface area contributed by atoms with Gasteiger partial charge in [0.25, 0.3) is 10.2 Å². The van der Waals surface area contributed by atoms with Crippen molar-refractivity contribution in [1.29, 1.82) is 0 Å². The molecule has 1 N–H and O–H groups in total. The van der Waals surface area contributed by atoms with Gasteiger partial charge in [-0.25, -0.2) is 0 Å². The van der Waals surface area contributed by atoms with Crippen LogP contribution in [0.5, 0.6) is 0 Å². The van der Waals surface area contributed by atoms with Crippen LogP contribution in [0.25, 0.3) is 0 Å². The average molecular weight is 308 g/mol. The van der Waals surface area contributed by atoms with Crippen LogP contribution in [0.4, 0.5) is 0 Å². The number of hydrogen-bond donors (Lipinski definition) is 1. The van der Waals surface area contributed by atoms with Gasteiger partial charge in [0.1, 0.15) is 0 Å². The second kappa shape index (κ2) is 5.65. The van der Waals surface area contributed by atoms with E-state index in [1.54, 1.807) is 15.6 Å². The van der Waals surface area contributed by atoms with Crippen LogP contribution in [0.2, 0.25) is 0 Å². The minimum Gasteiger partial charge on any atom is -0.198 e. The summed E-state index contributed by atoms with van der Waals surface area (Å²) in [7, 11) is -3.41. The van der Waals surface area contributed by atoms with Crippen molar-refractivity contribution < 1.29 is 8.42 Å². The van der Waals surface area contributed by atoms with Gasteiger partial charge in [-0.15, -0.1) is 11.3 Å². The fourth-order valence-electron chi connectivity index (χ4n) is 2.27. The van der Waals surface area contributed by atoms with Gasteiger partial charge in [0.2, 0.25) is 0 Å². The van der Waals surface area contributed by atoms with Crippen LogP contribution in [0, 0.1) is 0 Å². The highest BCUT2D eigenvalue weighted by Gasteiger charge is 2.38. The molecule has 1 aliphatic rings. The molecule has 3 rings (SSSR count). The number of hydrogen-bond acceptors (Lipinski definition) is 3. The second-order valence-electron chi connectivity index (χ2n) is 4.74. The van der Waals surface area contributed by atoms with Gasteiger partial charge in [-0.2, -0.15) is 17.4 Å². The van der Waals surface area contributed by atoms with E-state index in [2.05, 4.69) is 4.72 Å². The summed E-state index contributed by atoms with van der Waals surface area (Å²) in [5.74, 6) is 0. The highest BCUT2D eigenvalue weighted by molar-refractivity contribution is 7.87. The Morgan fingerprint density at radius 2 is 2.00 bits per heavy atom. The summed E-state index contributed by atoms with van der Waals surface area (Å²) in [5, 5.41) is 1.98. The number of thiophene rings is 1. The molecule has 0 aliphatic carbocycles. The molecule has 4 nitrogen and oxygen atoms in total. The van der Waals surface area contributed by atoms with Crippen LogP contribution in [0.3, 0.4) is 0 Å². The van der Waals surface area contributed by atoms with Crippen LogP contribution in [0.1, 0.15) is 22.9 Å². The molecule has 106 valence electrons. The zero-order chi connectivity index (χ0) is 14.0. The van der Waals surface area contributed by atoms with Gasteiger partial charge in [0, 0.05) is 18.0 Å². The topological polar surface area (TPSA) is 49.4 Å². The van der Waals surface area contributed by atoms with E-state index >= 15 is 0 Å². The van der Waals surface area contributed by atoms with Crippen molar-refractivity contribution in [2.45, 2.75) is 19.0 Å². The first kappa shape index (κ1) is 13.8. The molecule has 0 radical (unpaired) electrons. The van der Waals surface area contributed by atoms with Gasteiger partial charge < -0.3 is 0 Å². The highest BCUT2D eigenvalue weighted by atomic mass is 32.2. The van der Waals surface area contributed by atoms with Crippen molar-refractivity contribution in [2.75, 3.05) is 6.54 Å². The lowest BCUT2D eigenvalue weighted by molar-refractivity contribution is 0.203.